The van der Waals surface area contributed by atoms with Gasteiger partial charge in [0.1, 0.15) is 0 Å². The van der Waals surface area contributed by atoms with Crippen molar-refractivity contribution in [2.24, 2.45) is 0 Å². The number of hydrogen-bond acceptors (Lipinski definition) is 4. The van der Waals surface area contributed by atoms with Gasteiger partial charge >= 0.3 is 0 Å². The zero-order valence-electron chi connectivity index (χ0n) is 11.6. The smallest absolute Gasteiger partial charge is 0.220 e. The van der Waals surface area contributed by atoms with Crippen molar-refractivity contribution in [2.75, 3.05) is 6.54 Å². The monoisotopic (exact) mass is 325 g/mol. The van der Waals surface area contributed by atoms with E-state index in [1.165, 1.54) is 12.8 Å². The molecule has 1 aromatic carbocycles. The second-order valence-corrected chi connectivity index (χ2v) is 6.16. The van der Waals surface area contributed by atoms with E-state index < -0.39 is 0 Å². The minimum Gasteiger partial charge on any atom is -0.425 e. The molecule has 1 aromatic heterocycles. The Morgan fingerprint density at radius 1 is 1.14 bits per heavy atom. The minimum atomic E-state index is 0.542. The number of aryl methyl sites for hydroxylation is 1. The Kier molecular flexibility index (Phi) is 4.78. The Morgan fingerprint density at radius 3 is 2.71 bits per heavy atom. The van der Waals surface area contributed by atoms with Gasteiger partial charge in [-0.25, -0.2) is 0 Å². The average molecular weight is 326 g/mol. The highest BCUT2D eigenvalue weighted by Crippen LogP contribution is 2.23. The Balaban J connectivity index is 1.50. The summed E-state index contributed by atoms with van der Waals surface area (Å²) in [5.74, 6) is 1.31. The van der Waals surface area contributed by atoms with E-state index >= 15 is 0 Å². The van der Waals surface area contributed by atoms with Gasteiger partial charge in [-0.1, -0.05) is 29.3 Å². The lowest BCUT2D eigenvalue weighted by molar-refractivity contribution is 0.449. The number of nitrogens with zero attached hydrogens (tertiary/aromatic N) is 2. The third-order valence-electron chi connectivity index (χ3n) is 3.43. The summed E-state index contributed by atoms with van der Waals surface area (Å²) in [6.07, 6.45) is 5.03. The molecule has 0 amide bonds. The number of benzene rings is 1. The van der Waals surface area contributed by atoms with Gasteiger partial charge in [0.25, 0.3) is 0 Å². The van der Waals surface area contributed by atoms with Crippen molar-refractivity contribution < 1.29 is 4.42 Å². The zero-order valence-corrected chi connectivity index (χ0v) is 13.1. The van der Waals surface area contributed by atoms with Crippen molar-refractivity contribution in [3.63, 3.8) is 0 Å². The predicted octanol–water partition coefficient (Wildman–Crippen LogP) is 3.65. The fourth-order valence-electron chi connectivity index (χ4n) is 2.12. The summed E-state index contributed by atoms with van der Waals surface area (Å²) in [4.78, 5) is 0. The molecule has 112 valence electrons. The maximum absolute atomic E-state index is 5.99. The number of hydrogen-bond donors (Lipinski definition) is 1. The molecule has 1 saturated carbocycles. The van der Waals surface area contributed by atoms with Gasteiger partial charge in [0.05, 0.1) is 16.5 Å². The largest absolute Gasteiger partial charge is 0.425 e. The van der Waals surface area contributed by atoms with E-state index in [2.05, 4.69) is 15.5 Å². The molecule has 1 aliphatic rings. The first kappa shape index (κ1) is 14.8. The van der Waals surface area contributed by atoms with E-state index in [-0.39, 0.29) is 0 Å². The van der Waals surface area contributed by atoms with Crippen LogP contribution in [0.5, 0.6) is 0 Å². The molecule has 1 aliphatic carbocycles. The maximum atomic E-state index is 5.99. The van der Waals surface area contributed by atoms with E-state index in [1.807, 2.05) is 12.1 Å². The van der Waals surface area contributed by atoms with Gasteiger partial charge in [-0.3, -0.25) is 0 Å². The molecule has 0 radical (unpaired) electrons. The number of halogens is 2. The Morgan fingerprint density at radius 2 is 1.95 bits per heavy atom. The van der Waals surface area contributed by atoms with E-state index in [4.69, 9.17) is 27.6 Å². The van der Waals surface area contributed by atoms with Crippen LogP contribution in [0.15, 0.2) is 22.6 Å². The fraction of sp³-hybridized carbons (Fsp3) is 0.467. The fourth-order valence-corrected chi connectivity index (χ4v) is 2.44. The van der Waals surface area contributed by atoms with E-state index in [9.17, 15) is 0 Å². The molecule has 1 heterocycles. The summed E-state index contributed by atoms with van der Waals surface area (Å²) in [6, 6.07) is 6.27. The van der Waals surface area contributed by atoms with Gasteiger partial charge in [-0.2, -0.15) is 0 Å². The lowest BCUT2D eigenvalue weighted by Gasteiger charge is -2.00. The van der Waals surface area contributed by atoms with Crippen molar-refractivity contribution in [1.82, 2.24) is 15.5 Å². The van der Waals surface area contributed by atoms with Crippen LogP contribution in [0.4, 0.5) is 0 Å². The Bertz CT molecular complexity index is 611. The molecule has 3 rings (SSSR count). The molecule has 21 heavy (non-hydrogen) atoms. The van der Waals surface area contributed by atoms with Crippen LogP contribution < -0.4 is 5.32 Å². The van der Waals surface area contributed by atoms with Crippen molar-refractivity contribution in [2.45, 2.75) is 38.1 Å². The van der Waals surface area contributed by atoms with Crippen LogP contribution in [0.25, 0.3) is 0 Å². The summed E-state index contributed by atoms with van der Waals surface area (Å²) in [5.41, 5.74) is 1.01. The highest BCUT2D eigenvalue weighted by atomic mass is 35.5. The molecule has 0 saturated heterocycles. The second-order valence-electron chi connectivity index (χ2n) is 5.35. The molecule has 0 unspecified atom stereocenters. The van der Waals surface area contributed by atoms with Crippen molar-refractivity contribution in [1.29, 1.82) is 0 Å². The van der Waals surface area contributed by atoms with E-state index in [0.717, 1.165) is 31.0 Å². The molecule has 2 aromatic rings. The quantitative estimate of drug-likeness (QED) is 0.789. The first-order valence-corrected chi connectivity index (χ1v) is 7.95. The Hall–Kier alpha value is -1.10. The summed E-state index contributed by atoms with van der Waals surface area (Å²) in [7, 11) is 0. The molecule has 0 spiro atoms. The van der Waals surface area contributed by atoms with E-state index in [0.29, 0.717) is 28.2 Å². The molecular weight excluding hydrogens is 309 g/mol. The average Bonchev–Trinajstić information content (AvgIpc) is 3.19. The Labute approximate surface area is 133 Å². The highest BCUT2D eigenvalue weighted by Gasteiger charge is 2.19. The van der Waals surface area contributed by atoms with Crippen LogP contribution in [0.3, 0.4) is 0 Å². The lowest BCUT2D eigenvalue weighted by atomic mass is 10.1. The number of rotatable bonds is 7. The van der Waals surface area contributed by atoms with Crippen LogP contribution in [-0.4, -0.2) is 22.8 Å². The normalized spacial score (nSPS) is 14.6. The van der Waals surface area contributed by atoms with Crippen LogP contribution in [0.1, 0.15) is 36.6 Å². The SMILES string of the molecule is Clc1ccc(Cc2nnc(CCCNC3CC3)o2)cc1Cl. The van der Waals surface area contributed by atoms with Crippen molar-refractivity contribution in [3.05, 3.63) is 45.6 Å². The number of nitrogens with one attached hydrogen (secondary N) is 1. The van der Waals surface area contributed by atoms with Gasteiger partial charge in [-0.05, 0) is 43.5 Å². The van der Waals surface area contributed by atoms with Gasteiger partial charge in [0, 0.05) is 12.5 Å². The van der Waals surface area contributed by atoms with Gasteiger partial charge < -0.3 is 9.73 Å². The number of aromatic nitrogens is 2. The first-order chi connectivity index (χ1) is 10.2. The summed E-state index contributed by atoms with van der Waals surface area (Å²) in [6.45, 7) is 1.01. The van der Waals surface area contributed by atoms with Crippen molar-refractivity contribution >= 4 is 23.2 Å². The van der Waals surface area contributed by atoms with Crippen LogP contribution in [-0.2, 0) is 12.8 Å². The highest BCUT2D eigenvalue weighted by molar-refractivity contribution is 6.42. The summed E-state index contributed by atoms with van der Waals surface area (Å²) in [5, 5.41) is 12.7. The molecule has 1 N–H and O–H groups in total. The standard InChI is InChI=1S/C15H17Cl2N3O/c16-12-6-3-10(8-13(12)17)9-15-20-19-14(21-15)2-1-7-18-11-4-5-11/h3,6,8,11,18H,1-2,4-5,7,9H2. The van der Waals surface area contributed by atoms with Gasteiger partial charge in [0.2, 0.25) is 11.8 Å². The molecular formula is C15H17Cl2N3O. The molecule has 4 nitrogen and oxygen atoms in total. The third-order valence-corrected chi connectivity index (χ3v) is 4.16. The maximum Gasteiger partial charge on any atom is 0.220 e. The summed E-state index contributed by atoms with van der Waals surface area (Å²) >= 11 is 11.9. The molecule has 1 fully saturated rings. The van der Waals surface area contributed by atoms with Gasteiger partial charge in [0.15, 0.2) is 0 Å². The third kappa shape index (κ3) is 4.43. The van der Waals surface area contributed by atoms with Gasteiger partial charge in [-0.15, -0.1) is 10.2 Å². The molecule has 0 aliphatic heterocycles. The molecule has 6 heteroatoms. The van der Waals surface area contributed by atoms with Crippen LogP contribution in [0, 0.1) is 0 Å². The summed E-state index contributed by atoms with van der Waals surface area (Å²) < 4.78 is 5.65. The zero-order chi connectivity index (χ0) is 14.7. The first-order valence-electron chi connectivity index (χ1n) is 7.19. The van der Waals surface area contributed by atoms with Crippen LogP contribution >= 0.6 is 23.2 Å². The molecule has 0 atom stereocenters. The van der Waals surface area contributed by atoms with E-state index in [1.54, 1.807) is 6.07 Å². The van der Waals surface area contributed by atoms with Crippen LogP contribution in [0.2, 0.25) is 10.0 Å². The minimum absolute atomic E-state index is 0.542. The lowest BCUT2D eigenvalue weighted by Crippen LogP contribution is -2.17. The molecule has 0 bridgehead atoms. The topological polar surface area (TPSA) is 51.0 Å². The predicted molar refractivity (Wildman–Crippen MR) is 82.9 cm³/mol. The van der Waals surface area contributed by atoms with Crippen molar-refractivity contribution in [3.8, 4) is 0 Å². The second kappa shape index (κ2) is 6.77.